The molecule has 8 atom stereocenters. The van der Waals surface area contributed by atoms with Gasteiger partial charge in [-0.2, -0.15) is 0 Å². The number of esters is 2. The van der Waals surface area contributed by atoms with Gasteiger partial charge < -0.3 is 9.47 Å². The van der Waals surface area contributed by atoms with E-state index in [1.54, 1.807) is 23.2 Å². The van der Waals surface area contributed by atoms with Crippen LogP contribution >= 0.6 is 23.5 Å². The molecular formula is C34H36F2N6O4S2. The first-order chi connectivity index (χ1) is 23.3. The maximum absolute atomic E-state index is 14.3. The summed E-state index contributed by atoms with van der Waals surface area (Å²) in [5.41, 5.74) is 2.08. The number of halogens is 2. The molecule has 8 rings (SSSR count). The van der Waals surface area contributed by atoms with E-state index in [0.29, 0.717) is 48.0 Å². The molecule has 4 aliphatic rings. The summed E-state index contributed by atoms with van der Waals surface area (Å²) in [5.74, 6) is 0.290. The lowest BCUT2D eigenvalue weighted by molar-refractivity contribution is -0.145. The lowest BCUT2D eigenvalue weighted by Gasteiger charge is -2.11. The Bertz CT molecular complexity index is 1630. The minimum atomic E-state index is -1.10. The highest BCUT2D eigenvalue weighted by Gasteiger charge is 2.47. The van der Waals surface area contributed by atoms with Crippen molar-refractivity contribution in [2.24, 2.45) is 11.8 Å². The second kappa shape index (κ2) is 14.0. The Hall–Kier alpha value is -3.78. The minimum absolute atomic E-state index is 0.0839. The lowest BCUT2D eigenvalue weighted by Crippen LogP contribution is -2.08. The van der Waals surface area contributed by atoms with Gasteiger partial charge in [0.1, 0.15) is 0 Å². The zero-order valence-corrected chi connectivity index (χ0v) is 28.2. The molecule has 0 amide bonds. The van der Waals surface area contributed by atoms with Crippen LogP contribution in [0.4, 0.5) is 8.78 Å². The third-order valence-electron chi connectivity index (χ3n) is 8.81. The molecule has 0 radical (unpaired) electrons. The van der Waals surface area contributed by atoms with Gasteiger partial charge in [0.05, 0.1) is 37.1 Å². The van der Waals surface area contributed by atoms with E-state index in [2.05, 4.69) is 20.2 Å². The highest BCUT2D eigenvalue weighted by atomic mass is 32.2. The Labute approximate surface area is 285 Å². The maximum atomic E-state index is 14.3. The summed E-state index contributed by atoms with van der Waals surface area (Å²) in [4.78, 5) is 32.1. The number of ether oxygens (including phenoxy) is 2. The number of alkyl halides is 2. The Morgan fingerprint density at radius 2 is 1.08 bits per heavy atom. The molecule has 0 bridgehead atoms. The highest BCUT2D eigenvalue weighted by Crippen LogP contribution is 2.48. The van der Waals surface area contributed by atoms with Crippen molar-refractivity contribution in [3.8, 4) is 0 Å². The molecule has 2 fully saturated rings. The monoisotopic (exact) mass is 694 g/mol. The number of hydrogen-bond donors (Lipinski definition) is 0. The second-order valence-corrected chi connectivity index (χ2v) is 14.6. The van der Waals surface area contributed by atoms with E-state index in [0.717, 1.165) is 24.0 Å². The first-order valence-electron chi connectivity index (χ1n) is 16.3. The predicted octanol–water partition coefficient (Wildman–Crippen LogP) is 6.65. The molecule has 14 heteroatoms. The molecule has 2 aliphatic carbocycles. The molecule has 0 N–H and O–H groups in total. The molecular weight excluding hydrogens is 659 g/mol. The Morgan fingerprint density at radius 1 is 0.688 bits per heavy atom. The lowest BCUT2D eigenvalue weighted by atomic mass is 10.0. The first kappa shape index (κ1) is 32.8. The van der Waals surface area contributed by atoms with Crippen LogP contribution in [0, 0.1) is 11.8 Å². The smallest absolute Gasteiger partial charge is 0.310 e. The van der Waals surface area contributed by atoms with Crippen LogP contribution in [0.5, 0.6) is 0 Å². The molecule has 1 unspecified atom stereocenters. The normalized spacial score (nSPS) is 27.8. The Kier molecular flexibility index (Phi) is 9.54. The van der Waals surface area contributed by atoms with E-state index in [-0.39, 0.29) is 46.4 Å². The number of aromatic nitrogens is 6. The fourth-order valence-electron chi connectivity index (χ4n) is 6.19. The average Bonchev–Trinajstić information content (AvgIpc) is 3.85. The molecule has 48 heavy (non-hydrogen) atoms. The van der Waals surface area contributed by atoms with Crippen LogP contribution in [0.2, 0.25) is 0 Å². The van der Waals surface area contributed by atoms with Crippen LogP contribution in [0.1, 0.15) is 86.7 Å². The number of fused-ring (bicyclic) bond motifs is 2. The quantitative estimate of drug-likeness (QED) is 0.167. The van der Waals surface area contributed by atoms with E-state index in [1.165, 1.54) is 23.5 Å². The van der Waals surface area contributed by atoms with E-state index in [4.69, 9.17) is 9.47 Å². The minimum Gasteiger partial charge on any atom is -0.466 e. The van der Waals surface area contributed by atoms with Crippen LogP contribution < -0.4 is 0 Å². The molecule has 10 nitrogen and oxygen atoms in total. The number of carbonyl (C=O) groups excluding carboxylic acids is 2. The van der Waals surface area contributed by atoms with Crippen LogP contribution in [0.3, 0.4) is 0 Å². The highest BCUT2D eigenvalue weighted by molar-refractivity contribution is 8.00. The number of hydrogen-bond acceptors (Lipinski definition) is 10. The third kappa shape index (κ3) is 6.87. The van der Waals surface area contributed by atoms with Gasteiger partial charge in [0.15, 0.2) is 24.0 Å². The molecule has 2 saturated carbocycles. The molecule has 2 aliphatic heterocycles. The van der Waals surface area contributed by atoms with Gasteiger partial charge in [-0.25, -0.2) is 28.1 Å². The van der Waals surface area contributed by atoms with Gasteiger partial charge in [-0.15, -0.1) is 10.2 Å². The number of thioether (sulfide) groups is 2. The summed E-state index contributed by atoms with van der Waals surface area (Å²) in [7, 11) is 0. The standard InChI is InChI=1S/2C17H18FN3O2S/c2*1-2-23-16(22)11-8-14(11)24-17-19-15-12(18)9-13(21(15)20-17)10-6-4-3-5-7-10/h2*3-7,11-14H,2,8-9H2,1H3/t11-,12+,13+,14?;11-,12+,13+,14-/m11/s1. The summed E-state index contributed by atoms with van der Waals surface area (Å²) in [6, 6.07) is 19.4. The predicted molar refractivity (Wildman–Crippen MR) is 175 cm³/mol. The number of nitrogens with zero attached hydrogens (tertiary/aromatic N) is 6. The fraction of sp³-hybridized carbons (Fsp3) is 0.471. The van der Waals surface area contributed by atoms with Crippen molar-refractivity contribution in [1.82, 2.24) is 29.5 Å². The van der Waals surface area contributed by atoms with Gasteiger partial charge in [0.25, 0.3) is 0 Å². The second-order valence-electron chi connectivity index (χ2n) is 12.2. The molecule has 4 aromatic rings. The third-order valence-corrected chi connectivity index (χ3v) is 11.2. The summed E-state index contributed by atoms with van der Waals surface area (Å²) < 4.78 is 42.1. The summed E-state index contributed by atoms with van der Waals surface area (Å²) in [6.07, 6.45) is 0.0933. The molecule has 0 spiro atoms. The topological polar surface area (TPSA) is 114 Å². The zero-order valence-electron chi connectivity index (χ0n) is 26.5. The summed E-state index contributed by atoms with van der Waals surface area (Å²) in [5, 5.41) is 10.4. The number of carbonyl (C=O) groups is 2. The zero-order chi connectivity index (χ0) is 33.4. The van der Waals surface area contributed by atoms with Crippen LogP contribution in [0.15, 0.2) is 71.0 Å². The van der Waals surface area contributed by atoms with Gasteiger partial charge >= 0.3 is 11.9 Å². The van der Waals surface area contributed by atoms with Gasteiger partial charge in [-0.3, -0.25) is 9.59 Å². The maximum Gasteiger partial charge on any atom is 0.310 e. The molecule has 4 heterocycles. The SMILES string of the molecule is CCOC(=O)[C@@H]1CC1Sc1nc2n(n1)[C@H](c1ccccc1)C[C@@H]2F.CCOC(=O)[C@@H]1C[C@H]1Sc1nc2n(n1)[C@H](c1ccccc1)C[C@@H]2F. The van der Waals surface area contributed by atoms with Crippen molar-refractivity contribution in [3.05, 3.63) is 83.4 Å². The molecule has 2 aromatic heterocycles. The van der Waals surface area contributed by atoms with Crippen LogP contribution in [0.25, 0.3) is 0 Å². The van der Waals surface area contributed by atoms with Crippen molar-refractivity contribution in [3.63, 3.8) is 0 Å². The van der Waals surface area contributed by atoms with Crippen molar-refractivity contribution in [2.75, 3.05) is 13.2 Å². The fourth-order valence-corrected chi connectivity index (χ4v) is 8.45. The van der Waals surface area contributed by atoms with Crippen LogP contribution in [-0.2, 0) is 19.1 Å². The van der Waals surface area contributed by atoms with E-state index in [9.17, 15) is 18.4 Å². The molecule has 2 aromatic carbocycles. The Morgan fingerprint density at radius 3 is 1.46 bits per heavy atom. The van der Waals surface area contributed by atoms with Crippen molar-refractivity contribution in [2.45, 2.75) is 84.8 Å². The van der Waals surface area contributed by atoms with Gasteiger partial charge in [0, 0.05) is 23.3 Å². The van der Waals surface area contributed by atoms with E-state index < -0.39 is 12.3 Å². The summed E-state index contributed by atoms with van der Waals surface area (Å²) >= 11 is 2.89. The van der Waals surface area contributed by atoms with E-state index in [1.807, 2.05) is 60.7 Å². The largest absolute Gasteiger partial charge is 0.466 e. The van der Waals surface area contributed by atoms with Crippen molar-refractivity contribution in [1.29, 1.82) is 0 Å². The first-order valence-corrected chi connectivity index (χ1v) is 18.1. The van der Waals surface area contributed by atoms with Crippen LogP contribution in [-0.4, -0.2) is 65.2 Å². The average molecular weight is 695 g/mol. The summed E-state index contributed by atoms with van der Waals surface area (Å²) in [6.45, 7) is 4.39. The number of rotatable bonds is 10. The molecule has 0 saturated heterocycles. The van der Waals surface area contributed by atoms with E-state index >= 15 is 0 Å². The van der Waals surface area contributed by atoms with Crippen molar-refractivity contribution >= 4 is 35.5 Å². The van der Waals surface area contributed by atoms with Gasteiger partial charge in [-0.05, 0) is 37.8 Å². The number of benzene rings is 2. The van der Waals surface area contributed by atoms with Gasteiger partial charge in [0.2, 0.25) is 10.3 Å². The van der Waals surface area contributed by atoms with Crippen molar-refractivity contribution < 1.29 is 27.8 Å². The van der Waals surface area contributed by atoms with Gasteiger partial charge in [-0.1, -0.05) is 84.2 Å². The Balaban J connectivity index is 0.000000152. The molecule has 252 valence electrons.